The molecule has 2 N–H and O–H groups in total. The number of para-hydroxylation sites is 1. The molecule has 2 unspecified atom stereocenters. The first-order valence-corrected chi connectivity index (χ1v) is 12.5. The number of hydrogen-bond acceptors (Lipinski definition) is 3. The van der Waals surface area contributed by atoms with E-state index in [1.54, 1.807) is 24.3 Å². The third-order valence-corrected chi connectivity index (χ3v) is 6.47. The summed E-state index contributed by atoms with van der Waals surface area (Å²) in [5.74, 6) is 1.02. The summed E-state index contributed by atoms with van der Waals surface area (Å²) >= 11 is 0. The molecule has 3 aromatic rings. The fraction of sp³-hybridized carbons (Fsp3) is 0.300. The number of aliphatic hydroxyl groups is 1. The predicted octanol–water partition coefficient (Wildman–Crippen LogP) is 7.15. The number of amides is 1. The van der Waals surface area contributed by atoms with Gasteiger partial charge in [-0.15, -0.1) is 0 Å². The first-order chi connectivity index (χ1) is 17.8. The van der Waals surface area contributed by atoms with Crippen LogP contribution in [0.1, 0.15) is 54.9 Å². The van der Waals surface area contributed by atoms with Gasteiger partial charge in [-0.25, -0.2) is 0 Å². The number of aliphatic hydroxyl groups excluding tert-OH is 1. The molecular weight excluding hydrogens is 479 g/mol. The van der Waals surface area contributed by atoms with Crippen molar-refractivity contribution < 1.29 is 27.8 Å². The van der Waals surface area contributed by atoms with Crippen molar-refractivity contribution >= 4 is 5.91 Å². The lowest BCUT2D eigenvalue weighted by Gasteiger charge is -2.26. The number of nitrogens with one attached hydrogen (secondary N) is 1. The summed E-state index contributed by atoms with van der Waals surface area (Å²) in [5.41, 5.74) is 1.09. The standard InChI is InChI=1S/C30H30F3NO3/c31-30(32,33)24-16-12-21(13-17-24)20-27(34-29(36)23-8-4-1-2-5-9-23)28(35)22-14-18-26(19-15-22)37-25-10-6-3-7-11-25/h3,6-8,10-19,27-28,35H,1-2,4-5,9,20H2,(H,34,36). The molecule has 0 bridgehead atoms. The largest absolute Gasteiger partial charge is 0.457 e. The van der Waals surface area contributed by atoms with Crippen molar-refractivity contribution in [3.8, 4) is 11.5 Å². The number of allylic oxidation sites excluding steroid dienone is 1. The molecule has 0 radical (unpaired) electrons. The van der Waals surface area contributed by atoms with E-state index in [2.05, 4.69) is 5.32 Å². The molecule has 0 aliphatic heterocycles. The van der Waals surface area contributed by atoms with Crippen LogP contribution in [-0.4, -0.2) is 17.1 Å². The molecule has 7 heteroatoms. The molecule has 0 aromatic heterocycles. The third kappa shape index (κ3) is 7.46. The summed E-state index contributed by atoms with van der Waals surface area (Å²) in [6, 6.07) is 20.3. The Hall–Kier alpha value is -3.58. The lowest BCUT2D eigenvalue weighted by Crippen LogP contribution is -2.41. The highest BCUT2D eigenvalue weighted by Gasteiger charge is 2.30. The van der Waals surface area contributed by atoms with E-state index in [-0.39, 0.29) is 12.3 Å². The van der Waals surface area contributed by atoms with Gasteiger partial charge in [-0.2, -0.15) is 13.2 Å². The van der Waals surface area contributed by atoms with Gasteiger partial charge in [0.25, 0.3) is 0 Å². The van der Waals surface area contributed by atoms with Crippen LogP contribution in [0, 0.1) is 0 Å². The molecule has 0 fully saturated rings. The van der Waals surface area contributed by atoms with E-state index in [0.717, 1.165) is 37.8 Å². The molecule has 1 aliphatic rings. The monoisotopic (exact) mass is 509 g/mol. The average molecular weight is 510 g/mol. The molecule has 1 aliphatic carbocycles. The van der Waals surface area contributed by atoms with Crippen LogP contribution >= 0.6 is 0 Å². The van der Waals surface area contributed by atoms with Crippen LogP contribution in [0.2, 0.25) is 0 Å². The minimum atomic E-state index is -4.43. The van der Waals surface area contributed by atoms with E-state index in [9.17, 15) is 23.1 Å². The van der Waals surface area contributed by atoms with Gasteiger partial charge in [0.1, 0.15) is 11.5 Å². The summed E-state index contributed by atoms with van der Waals surface area (Å²) in [5, 5.41) is 14.2. The van der Waals surface area contributed by atoms with Crippen LogP contribution < -0.4 is 10.1 Å². The van der Waals surface area contributed by atoms with E-state index in [0.29, 0.717) is 34.6 Å². The first-order valence-electron chi connectivity index (χ1n) is 12.5. The van der Waals surface area contributed by atoms with Crippen molar-refractivity contribution in [1.29, 1.82) is 0 Å². The maximum atomic E-state index is 13.1. The van der Waals surface area contributed by atoms with Crippen molar-refractivity contribution in [2.24, 2.45) is 0 Å². The van der Waals surface area contributed by atoms with Crippen LogP contribution in [-0.2, 0) is 17.4 Å². The molecule has 0 spiro atoms. The van der Waals surface area contributed by atoms with Gasteiger partial charge in [-0.3, -0.25) is 4.79 Å². The highest BCUT2D eigenvalue weighted by atomic mass is 19.4. The summed E-state index contributed by atoms with van der Waals surface area (Å²) in [6.45, 7) is 0. The molecule has 4 rings (SSSR count). The fourth-order valence-corrected chi connectivity index (χ4v) is 4.40. The lowest BCUT2D eigenvalue weighted by atomic mass is 9.95. The molecule has 2 atom stereocenters. The summed E-state index contributed by atoms with van der Waals surface area (Å²) in [7, 11) is 0. The molecule has 1 amide bonds. The zero-order valence-corrected chi connectivity index (χ0v) is 20.4. The number of alkyl halides is 3. The van der Waals surface area contributed by atoms with Crippen molar-refractivity contribution in [2.45, 2.75) is 56.8 Å². The van der Waals surface area contributed by atoms with Crippen molar-refractivity contribution in [1.82, 2.24) is 5.32 Å². The Labute approximate surface area is 214 Å². The zero-order valence-electron chi connectivity index (χ0n) is 20.4. The van der Waals surface area contributed by atoms with Crippen LogP contribution in [0.3, 0.4) is 0 Å². The highest BCUT2D eigenvalue weighted by molar-refractivity contribution is 5.93. The number of ether oxygens (including phenoxy) is 1. The molecule has 194 valence electrons. The van der Waals surface area contributed by atoms with Gasteiger partial charge in [0, 0.05) is 5.57 Å². The minimum Gasteiger partial charge on any atom is -0.457 e. The fourth-order valence-electron chi connectivity index (χ4n) is 4.40. The van der Waals surface area contributed by atoms with Crippen LogP contribution in [0.4, 0.5) is 13.2 Å². The van der Waals surface area contributed by atoms with Gasteiger partial charge in [0.05, 0.1) is 17.7 Å². The lowest BCUT2D eigenvalue weighted by molar-refractivity contribution is -0.137. The number of hydrogen-bond donors (Lipinski definition) is 2. The molecule has 4 nitrogen and oxygen atoms in total. The Morgan fingerprint density at radius 2 is 1.57 bits per heavy atom. The first kappa shape index (κ1) is 26.5. The quantitative estimate of drug-likeness (QED) is 0.339. The van der Waals surface area contributed by atoms with Gasteiger partial charge >= 0.3 is 6.18 Å². The average Bonchev–Trinajstić information content (AvgIpc) is 3.19. The molecule has 0 saturated heterocycles. The SMILES string of the molecule is O=C(NC(Cc1ccc(C(F)(F)F)cc1)C(O)c1ccc(Oc2ccccc2)cc1)C1=CCCCCC1. The second kappa shape index (κ2) is 12.1. The number of carbonyl (C=O) groups is 1. The molecule has 0 saturated carbocycles. The zero-order chi connectivity index (χ0) is 26.3. The van der Waals surface area contributed by atoms with Gasteiger partial charge < -0.3 is 15.2 Å². The normalized spacial score (nSPS) is 15.7. The van der Waals surface area contributed by atoms with Gasteiger partial charge in [-0.1, -0.05) is 55.0 Å². The number of carbonyl (C=O) groups excluding carboxylic acids is 1. The molecule has 37 heavy (non-hydrogen) atoms. The van der Waals surface area contributed by atoms with Crippen molar-refractivity contribution in [3.05, 3.63) is 107 Å². The van der Waals surface area contributed by atoms with Gasteiger partial charge in [0.15, 0.2) is 0 Å². The van der Waals surface area contributed by atoms with Crippen molar-refractivity contribution in [2.75, 3.05) is 0 Å². The van der Waals surface area contributed by atoms with Crippen molar-refractivity contribution in [3.63, 3.8) is 0 Å². The number of halogens is 3. The van der Waals surface area contributed by atoms with E-state index in [1.165, 1.54) is 12.1 Å². The summed E-state index contributed by atoms with van der Waals surface area (Å²) in [4.78, 5) is 13.1. The Bertz CT molecular complexity index is 1190. The molecular formula is C30H30F3NO3. The van der Waals surface area contributed by atoms with E-state index >= 15 is 0 Å². The maximum Gasteiger partial charge on any atom is 0.416 e. The Morgan fingerprint density at radius 1 is 0.892 bits per heavy atom. The van der Waals surface area contributed by atoms with Crippen LogP contribution in [0.15, 0.2) is 90.5 Å². The summed E-state index contributed by atoms with van der Waals surface area (Å²) in [6.07, 6.45) is 1.12. The Balaban J connectivity index is 1.53. The second-order valence-corrected chi connectivity index (χ2v) is 9.24. The smallest absolute Gasteiger partial charge is 0.416 e. The van der Waals surface area contributed by atoms with Gasteiger partial charge in [0.2, 0.25) is 5.91 Å². The van der Waals surface area contributed by atoms with E-state index in [1.807, 2.05) is 36.4 Å². The predicted molar refractivity (Wildman–Crippen MR) is 136 cm³/mol. The number of benzene rings is 3. The Kier molecular flexibility index (Phi) is 8.66. The topological polar surface area (TPSA) is 58.6 Å². The van der Waals surface area contributed by atoms with E-state index < -0.39 is 23.9 Å². The number of rotatable bonds is 8. The maximum absolute atomic E-state index is 13.1. The molecule has 3 aromatic carbocycles. The van der Waals surface area contributed by atoms with E-state index in [4.69, 9.17) is 4.74 Å². The summed E-state index contributed by atoms with van der Waals surface area (Å²) < 4.78 is 44.8. The highest BCUT2D eigenvalue weighted by Crippen LogP contribution is 2.30. The minimum absolute atomic E-state index is 0.167. The van der Waals surface area contributed by atoms with Crippen LogP contribution in [0.25, 0.3) is 0 Å². The third-order valence-electron chi connectivity index (χ3n) is 6.47. The van der Waals surface area contributed by atoms with Crippen LogP contribution in [0.5, 0.6) is 11.5 Å². The molecule has 0 heterocycles. The van der Waals surface area contributed by atoms with Gasteiger partial charge in [-0.05, 0) is 79.6 Å². The Morgan fingerprint density at radius 3 is 2.24 bits per heavy atom. The second-order valence-electron chi connectivity index (χ2n) is 9.24.